The number of rotatable bonds is 7. The van der Waals surface area contributed by atoms with Crippen LogP contribution in [-0.2, 0) is 0 Å². The van der Waals surface area contributed by atoms with Crippen LogP contribution in [0.15, 0.2) is 42.0 Å². The molecule has 5 heteroatoms. The van der Waals surface area contributed by atoms with Gasteiger partial charge in [0.1, 0.15) is 0 Å². The van der Waals surface area contributed by atoms with Crippen LogP contribution in [0.3, 0.4) is 0 Å². The molecule has 1 rings (SSSR count). The third kappa shape index (κ3) is 6.22. The lowest BCUT2D eigenvalue weighted by molar-refractivity contribution is 0.0140. The fraction of sp³-hybridized carbons (Fsp3) is 0.353. The molecule has 0 bridgehead atoms. The van der Waals surface area contributed by atoms with Gasteiger partial charge in [-0.25, -0.2) is 4.79 Å². The Bertz CT molecular complexity index is 560. The number of aliphatic hydroxyl groups excluding tert-OH is 3. The second-order valence-electron chi connectivity index (χ2n) is 5.32. The van der Waals surface area contributed by atoms with E-state index in [9.17, 15) is 20.1 Å². The quantitative estimate of drug-likeness (QED) is 0.576. The first-order valence-corrected chi connectivity index (χ1v) is 7.03. The van der Waals surface area contributed by atoms with Crippen LogP contribution in [0, 0.1) is 0 Å². The van der Waals surface area contributed by atoms with Crippen molar-refractivity contribution in [3.63, 3.8) is 0 Å². The highest BCUT2D eigenvalue weighted by atomic mass is 16.4. The number of carboxylic acid groups (broad SMARTS) is 1. The number of hydrogen-bond acceptors (Lipinski definition) is 4. The molecule has 3 atom stereocenters. The van der Waals surface area contributed by atoms with E-state index in [0.717, 1.165) is 11.1 Å². The monoisotopic (exact) mass is 306 g/mol. The molecule has 120 valence electrons. The molecule has 0 amide bonds. The van der Waals surface area contributed by atoms with E-state index in [1.807, 2.05) is 0 Å². The van der Waals surface area contributed by atoms with Gasteiger partial charge in [0.05, 0.1) is 23.9 Å². The van der Waals surface area contributed by atoms with Crippen LogP contribution in [0.4, 0.5) is 0 Å². The van der Waals surface area contributed by atoms with Gasteiger partial charge in [0.25, 0.3) is 0 Å². The normalized spacial score (nSPS) is 16.5. The number of carboxylic acids is 1. The lowest BCUT2D eigenvalue weighted by atomic mass is 10.0. The molecule has 0 unspecified atom stereocenters. The number of carbonyl (C=O) groups is 1. The third-order valence-corrected chi connectivity index (χ3v) is 3.08. The summed E-state index contributed by atoms with van der Waals surface area (Å²) in [7, 11) is 0. The van der Waals surface area contributed by atoms with E-state index < -0.39 is 24.3 Å². The number of aliphatic hydroxyl groups is 3. The zero-order valence-corrected chi connectivity index (χ0v) is 12.7. The first-order valence-electron chi connectivity index (χ1n) is 7.03. The van der Waals surface area contributed by atoms with E-state index in [4.69, 9.17) is 5.11 Å². The predicted octanol–water partition coefficient (Wildman–Crippen LogP) is 1.84. The smallest absolute Gasteiger partial charge is 0.335 e. The Morgan fingerprint density at radius 3 is 2.55 bits per heavy atom. The Morgan fingerprint density at radius 2 is 1.95 bits per heavy atom. The van der Waals surface area contributed by atoms with Crippen molar-refractivity contribution < 1.29 is 25.2 Å². The van der Waals surface area contributed by atoms with E-state index in [1.165, 1.54) is 12.1 Å². The molecular formula is C17H22O5. The maximum Gasteiger partial charge on any atom is 0.335 e. The van der Waals surface area contributed by atoms with Crippen LogP contribution in [0.5, 0.6) is 0 Å². The van der Waals surface area contributed by atoms with Crippen molar-refractivity contribution in [2.75, 3.05) is 0 Å². The van der Waals surface area contributed by atoms with E-state index in [1.54, 1.807) is 44.2 Å². The minimum atomic E-state index is -1.07. The standard InChI is InChI=1S/C17H22O5/c1-11(8-15(19)16(20)9-12(2)18)6-7-13-4-3-5-14(10-13)17(21)22/h3-8,10,12,15-16,18-20H,9H2,1-2H3,(H,21,22)/b7-6+,11-8+/t12-,15-,16-/m0/s1. The Labute approximate surface area is 129 Å². The van der Waals surface area contributed by atoms with Crippen LogP contribution < -0.4 is 0 Å². The van der Waals surface area contributed by atoms with Gasteiger partial charge in [0, 0.05) is 6.42 Å². The maximum atomic E-state index is 10.9. The van der Waals surface area contributed by atoms with E-state index in [-0.39, 0.29) is 12.0 Å². The maximum absolute atomic E-state index is 10.9. The summed E-state index contributed by atoms with van der Waals surface area (Å²) in [5, 5.41) is 37.6. The van der Waals surface area contributed by atoms with Crippen LogP contribution in [0.2, 0.25) is 0 Å². The van der Waals surface area contributed by atoms with Crippen molar-refractivity contribution in [1.29, 1.82) is 0 Å². The Kier molecular flexibility index (Phi) is 6.98. The summed E-state index contributed by atoms with van der Waals surface area (Å²) >= 11 is 0. The Balaban J connectivity index is 2.74. The first-order chi connectivity index (χ1) is 10.3. The summed E-state index contributed by atoms with van der Waals surface area (Å²) in [6.07, 6.45) is 2.25. The molecule has 0 saturated heterocycles. The summed E-state index contributed by atoms with van der Waals surface area (Å²) in [5.74, 6) is -0.987. The molecule has 22 heavy (non-hydrogen) atoms. The Hall–Kier alpha value is -1.95. The topological polar surface area (TPSA) is 98.0 Å². The SMILES string of the molecule is CC(/C=C/c1cccc(C(=O)O)c1)=C\[C@H](O)[C@@H](O)C[C@H](C)O. The van der Waals surface area contributed by atoms with Crippen molar-refractivity contribution in [2.45, 2.75) is 38.6 Å². The van der Waals surface area contributed by atoms with Crippen LogP contribution in [0.25, 0.3) is 6.08 Å². The number of aromatic carboxylic acids is 1. The molecule has 1 aromatic rings. The molecule has 0 aliphatic rings. The molecule has 0 fully saturated rings. The van der Waals surface area contributed by atoms with Gasteiger partial charge in [-0.05, 0) is 31.5 Å². The summed E-state index contributed by atoms with van der Waals surface area (Å²) in [6.45, 7) is 3.30. The van der Waals surface area contributed by atoms with Gasteiger partial charge in [0.2, 0.25) is 0 Å². The van der Waals surface area contributed by atoms with Crippen LogP contribution in [0.1, 0.15) is 36.2 Å². The van der Waals surface area contributed by atoms with Crippen molar-refractivity contribution in [2.24, 2.45) is 0 Å². The van der Waals surface area contributed by atoms with Crippen LogP contribution in [-0.4, -0.2) is 44.7 Å². The number of benzene rings is 1. The van der Waals surface area contributed by atoms with Crippen molar-refractivity contribution in [3.05, 3.63) is 53.1 Å². The summed E-state index contributed by atoms with van der Waals surface area (Å²) in [4.78, 5) is 10.9. The number of hydrogen-bond donors (Lipinski definition) is 4. The minimum absolute atomic E-state index is 0.0926. The molecular weight excluding hydrogens is 284 g/mol. The highest BCUT2D eigenvalue weighted by Gasteiger charge is 2.15. The second kappa shape index (κ2) is 8.48. The van der Waals surface area contributed by atoms with Gasteiger partial charge in [-0.2, -0.15) is 0 Å². The van der Waals surface area contributed by atoms with Gasteiger partial charge in [-0.3, -0.25) is 0 Å². The van der Waals surface area contributed by atoms with Crippen molar-refractivity contribution >= 4 is 12.0 Å². The average molecular weight is 306 g/mol. The summed E-state index contributed by atoms with van der Waals surface area (Å²) in [6, 6.07) is 6.49. The first kappa shape index (κ1) is 18.1. The van der Waals surface area contributed by atoms with Crippen LogP contribution >= 0.6 is 0 Å². The molecule has 0 aromatic heterocycles. The average Bonchev–Trinajstić information content (AvgIpc) is 2.44. The fourth-order valence-electron chi connectivity index (χ4n) is 1.93. The zero-order chi connectivity index (χ0) is 16.7. The largest absolute Gasteiger partial charge is 0.478 e. The highest BCUT2D eigenvalue weighted by molar-refractivity contribution is 5.88. The molecule has 0 spiro atoms. The summed E-state index contributed by atoms with van der Waals surface area (Å²) < 4.78 is 0. The zero-order valence-electron chi connectivity index (χ0n) is 12.7. The van der Waals surface area contributed by atoms with Gasteiger partial charge < -0.3 is 20.4 Å². The fourth-order valence-corrected chi connectivity index (χ4v) is 1.93. The van der Waals surface area contributed by atoms with Crippen molar-refractivity contribution in [3.8, 4) is 0 Å². The van der Waals surface area contributed by atoms with Gasteiger partial charge >= 0.3 is 5.97 Å². The molecule has 4 N–H and O–H groups in total. The minimum Gasteiger partial charge on any atom is -0.478 e. The second-order valence-corrected chi connectivity index (χ2v) is 5.32. The summed E-state index contributed by atoms with van der Waals surface area (Å²) in [5.41, 5.74) is 1.65. The molecule has 0 aliphatic heterocycles. The van der Waals surface area contributed by atoms with E-state index >= 15 is 0 Å². The lowest BCUT2D eigenvalue weighted by Crippen LogP contribution is -2.27. The van der Waals surface area contributed by atoms with Gasteiger partial charge in [0.15, 0.2) is 0 Å². The van der Waals surface area contributed by atoms with Gasteiger partial charge in [-0.1, -0.05) is 35.9 Å². The molecule has 5 nitrogen and oxygen atoms in total. The molecule has 0 aliphatic carbocycles. The lowest BCUT2D eigenvalue weighted by Gasteiger charge is -2.16. The predicted molar refractivity (Wildman–Crippen MR) is 84.5 cm³/mol. The van der Waals surface area contributed by atoms with Gasteiger partial charge in [-0.15, -0.1) is 0 Å². The van der Waals surface area contributed by atoms with E-state index in [2.05, 4.69) is 0 Å². The molecule has 1 aromatic carbocycles. The molecule has 0 radical (unpaired) electrons. The highest BCUT2D eigenvalue weighted by Crippen LogP contribution is 2.11. The van der Waals surface area contributed by atoms with E-state index in [0.29, 0.717) is 0 Å². The van der Waals surface area contributed by atoms with Crippen molar-refractivity contribution in [1.82, 2.24) is 0 Å². The Morgan fingerprint density at radius 1 is 1.27 bits per heavy atom. The molecule has 0 heterocycles. The third-order valence-electron chi connectivity index (χ3n) is 3.08. The molecule has 0 saturated carbocycles. The number of allylic oxidation sites excluding steroid dienone is 2.